The van der Waals surface area contributed by atoms with Gasteiger partial charge in [-0.25, -0.2) is 0 Å². The Hall–Kier alpha value is -1.73. The largest absolute Gasteiger partial charge is 0.389 e. The van der Waals surface area contributed by atoms with Crippen molar-refractivity contribution in [2.24, 2.45) is 0 Å². The first kappa shape index (κ1) is 11.4. The second kappa shape index (κ2) is 4.18. The zero-order valence-corrected chi connectivity index (χ0v) is 11.4. The number of nitrogens with two attached hydrogens (primary N) is 1. The lowest BCUT2D eigenvalue weighted by atomic mass is 10.2. The van der Waals surface area contributed by atoms with Crippen molar-refractivity contribution in [2.75, 3.05) is 5.73 Å². The summed E-state index contributed by atoms with van der Waals surface area (Å²) in [5.74, 6) is 1.02. The number of aromatic nitrogens is 3. The summed E-state index contributed by atoms with van der Waals surface area (Å²) in [6.45, 7) is 3.90. The van der Waals surface area contributed by atoms with Gasteiger partial charge in [0, 0.05) is 10.9 Å². The smallest absolute Gasteiger partial charge is 0.263 e. The molecule has 0 aliphatic carbocycles. The Kier molecular flexibility index (Phi) is 2.64. The lowest BCUT2D eigenvalue weighted by Gasteiger charge is -1.92. The molecule has 0 spiro atoms. The molecule has 0 fully saturated rings. The number of anilines is 1. The van der Waals surface area contributed by atoms with Crippen LogP contribution in [0.3, 0.4) is 0 Å². The molecular weight excluding hydrogens is 268 g/mol. The van der Waals surface area contributed by atoms with E-state index in [1.54, 1.807) is 11.3 Å². The van der Waals surface area contributed by atoms with E-state index in [1.807, 2.05) is 19.2 Å². The van der Waals surface area contributed by atoms with Crippen molar-refractivity contribution in [3.8, 4) is 22.8 Å². The lowest BCUT2D eigenvalue weighted by molar-refractivity contribution is 0.432. The van der Waals surface area contributed by atoms with Crippen molar-refractivity contribution >= 4 is 27.9 Å². The van der Waals surface area contributed by atoms with Crippen molar-refractivity contribution in [3.05, 3.63) is 22.0 Å². The summed E-state index contributed by atoms with van der Waals surface area (Å²) in [6, 6.07) is 0. The predicted molar refractivity (Wildman–Crippen MR) is 72.6 cm³/mol. The van der Waals surface area contributed by atoms with Gasteiger partial charge in [-0.2, -0.15) is 20.7 Å². The highest BCUT2D eigenvalue weighted by Gasteiger charge is 2.18. The maximum absolute atomic E-state index is 5.86. The van der Waals surface area contributed by atoms with Crippen LogP contribution in [0.25, 0.3) is 22.8 Å². The van der Waals surface area contributed by atoms with Crippen LogP contribution >= 0.6 is 22.9 Å². The second-order valence-corrected chi connectivity index (χ2v) is 5.45. The van der Waals surface area contributed by atoms with E-state index in [-0.39, 0.29) is 0 Å². The molecule has 3 aromatic heterocycles. The number of hydrogen-bond donors (Lipinski definition) is 1. The van der Waals surface area contributed by atoms with Gasteiger partial charge < -0.3 is 10.3 Å². The molecule has 3 heterocycles. The number of nitrogens with zero attached hydrogens (tertiary/aromatic N) is 3. The summed E-state index contributed by atoms with van der Waals surface area (Å²) >= 11 is 2.86. The fraction of sp³-hybridized carbons (Fsp3) is 0.182. The summed E-state index contributed by atoms with van der Waals surface area (Å²) in [4.78, 5) is 4.39. The van der Waals surface area contributed by atoms with Crippen molar-refractivity contribution in [3.63, 3.8) is 0 Å². The minimum atomic E-state index is 0.430. The summed E-state index contributed by atoms with van der Waals surface area (Å²) in [6.07, 6.45) is 0. The van der Waals surface area contributed by atoms with E-state index in [4.69, 9.17) is 10.3 Å². The molecule has 0 aromatic carbocycles. The maximum Gasteiger partial charge on any atom is 0.263 e. The predicted octanol–water partition coefficient (Wildman–Crippen LogP) is 3.12. The zero-order chi connectivity index (χ0) is 12.7. The maximum atomic E-state index is 5.86. The van der Waals surface area contributed by atoms with E-state index in [0.29, 0.717) is 16.7 Å². The van der Waals surface area contributed by atoms with Crippen LogP contribution in [0, 0.1) is 13.8 Å². The molecule has 7 heteroatoms. The molecule has 0 saturated heterocycles. The molecule has 92 valence electrons. The van der Waals surface area contributed by atoms with Gasteiger partial charge in [0.2, 0.25) is 5.82 Å². The number of hydrogen-bond acceptors (Lipinski definition) is 7. The van der Waals surface area contributed by atoms with Gasteiger partial charge in [0.15, 0.2) is 0 Å². The van der Waals surface area contributed by atoms with Crippen LogP contribution in [0.15, 0.2) is 15.3 Å². The van der Waals surface area contributed by atoms with Crippen LogP contribution in [-0.2, 0) is 0 Å². The summed E-state index contributed by atoms with van der Waals surface area (Å²) < 4.78 is 9.45. The van der Waals surface area contributed by atoms with Crippen molar-refractivity contribution < 1.29 is 4.52 Å². The van der Waals surface area contributed by atoms with E-state index in [9.17, 15) is 0 Å². The van der Waals surface area contributed by atoms with E-state index < -0.39 is 0 Å². The van der Waals surface area contributed by atoms with Crippen molar-refractivity contribution in [1.82, 2.24) is 14.5 Å². The third kappa shape index (κ3) is 1.72. The Morgan fingerprint density at radius 2 is 2.11 bits per heavy atom. The van der Waals surface area contributed by atoms with Gasteiger partial charge in [-0.1, -0.05) is 5.16 Å². The molecular formula is C11H10N4OS2. The number of aryl methyl sites for hydroxylation is 2. The minimum absolute atomic E-state index is 0.430. The highest BCUT2D eigenvalue weighted by atomic mass is 32.1. The van der Waals surface area contributed by atoms with E-state index in [1.165, 1.54) is 11.5 Å². The Morgan fingerprint density at radius 1 is 1.28 bits per heavy atom. The van der Waals surface area contributed by atoms with Crippen LogP contribution in [0.4, 0.5) is 5.00 Å². The molecule has 3 aromatic rings. The fourth-order valence-electron chi connectivity index (χ4n) is 1.67. The molecule has 0 bridgehead atoms. The lowest BCUT2D eigenvalue weighted by Crippen LogP contribution is -1.86. The van der Waals surface area contributed by atoms with Gasteiger partial charge >= 0.3 is 0 Å². The number of nitrogen functional groups attached to an aromatic ring is 1. The number of rotatable bonds is 2. The quantitative estimate of drug-likeness (QED) is 0.779. The van der Waals surface area contributed by atoms with Gasteiger partial charge in [0.1, 0.15) is 5.00 Å². The summed E-state index contributed by atoms with van der Waals surface area (Å²) in [5.41, 5.74) is 9.55. The van der Waals surface area contributed by atoms with Crippen LogP contribution in [0.2, 0.25) is 0 Å². The second-order valence-electron chi connectivity index (χ2n) is 3.90. The van der Waals surface area contributed by atoms with Crippen LogP contribution in [0.5, 0.6) is 0 Å². The molecule has 0 unspecified atom stereocenters. The molecule has 0 amide bonds. The molecule has 2 N–H and O–H groups in total. The Balaban J connectivity index is 2.08. The first-order valence-corrected chi connectivity index (χ1v) is 6.97. The molecule has 0 saturated carbocycles. The fourth-order valence-corrected chi connectivity index (χ4v) is 3.15. The molecule has 3 rings (SSSR count). The van der Waals surface area contributed by atoms with Gasteiger partial charge in [-0.15, -0.1) is 0 Å². The molecule has 0 radical (unpaired) electrons. The first-order valence-electron chi connectivity index (χ1n) is 5.26. The monoisotopic (exact) mass is 278 g/mol. The third-order valence-corrected chi connectivity index (χ3v) is 4.25. The highest BCUT2D eigenvalue weighted by molar-refractivity contribution is 7.10. The molecule has 0 aliphatic rings. The van der Waals surface area contributed by atoms with Gasteiger partial charge in [0.25, 0.3) is 5.89 Å². The number of thiophene rings is 1. The zero-order valence-electron chi connectivity index (χ0n) is 9.80. The molecule has 0 aliphatic heterocycles. The van der Waals surface area contributed by atoms with Gasteiger partial charge in [0.05, 0.1) is 11.3 Å². The highest BCUT2D eigenvalue weighted by Crippen LogP contribution is 2.33. The van der Waals surface area contributed by atoms with Crippen LogP contribution in [-0.4, -0.2) is 14.5 Å². The SMILES string of the molecule is Cc1cscc1-c1noc(-c2c(C)nsc2N)n1. The van der Waals surface area contributed by atoms with E-state index in [0.717, 1.165) is 22.4 Å². The van der Waals surface area contributed by atoms with Gasteiger partial charge in [-0.3, -0.25) is 0 Å². The first-order chi connectivity index (χ1) is 8.66. The van der Waals surface area contributed by atoms with Gasteiger partial charge in [-0.05, 0) is 36.3 Å². The standard InChI is InChI=1S/C11H10N4OS2/c1-5-3-17-4-7(5)10-13-11(16-14-10)8-6(2)15-18-9(8)12/h3-4H,12H2,1-2H3. The van der Waals surface area contributed by atoms with E-state index >= 15 is 0 Å². The normalized spacial score (nSPS) is 11.0. The summed E-state index contributed by atoms with van der Waals surface area (Å²) in [5, 5.41) is 8.66. The molecule has 18 heavy (non-hydrogen) atoms. The average molecular weight is 278 g/mol. The van der Waals surface area contributed by atoms with Crippen LogP contribution < -0.4 is 5.73 Å². The topological polar surface area (TPSA) is 77.8 Å². The van der Waals surface area contributed by atoms with Crippen molar-refractivity contribution in [2.45, 2.75) is 13.8 Å². The third-order valence-electron chi connectivity index (χ3n) is 2.63. The summed E-state index contributed by atoms with van der Waals surface area (Å²) in [7, 11) is 0. The Morgan fingerprint density at radius 3 is 2.72 bits per heavy atom. The Labute approximate surface area is 111 Å². The minimum Gasteiger partial charge on any atom is -0.389 e. The van der Waals surface area contributed by atoms with Crippen LogP contribution in [0.1, 0.15) is 11.3 Å². The molecule has 5 nitrogen and oxygen atoms in total. The molecule has 0 atom stereocenters. The van der Waals surface area contributed by atoms with Crippen molar-refractivity contribution in [1.29, 1.82) is 0 Å². The van der Waals surface area contributed by atoms with E-state index in [2.05, 4.69) is 19.9 Å². The Bertz CT molecular complexity index is 678. The average Bonchev–Trinajstić information content (AvgIpc) is 3.00.